The highest BCUT2D eigenvalue weighted by Crippen LogP contribution is 2.34. The van der Waals surface area contributed by atoms with Gasteiger partial charge in [-0.05, 0) is 17.5 Å². The van der Waals surface area contributed by atoms with Crippen molar-refractivity contribution in [3.05, 3.63) is 78.1 Å². The monoisotopic (exact) mass is 518 g/mol. The number of aromatic nitrogens is 4. The number of rotatable bonds is 9. The van der Waals surface area contributed by atoms with E-state index in [0.717, 1.165) is 11.1 Å². The van der Waals surface area contributed by atoms with Crippen molar-refractivity contribution in [3.8, 4) is 0 Å². The molecule has 38 heavy (non-hydrogen) atoms. The van der Waals surface area contributed by atoms with Crippen molar-refractivity contribution in [3.63, 3.8) is 0 Å². The Morgan fingerprint density at radius 1 is 1.03 bits per heavy atom. The maximum absolute atomic E-state index is 11.7. The van der Waals surface area contributed by atoms with E-state index in [4.69, 9.17) is 10.9 Å². The van der Waals surface area contributed by atoms with Gasteiger partial charge in [0, 0.05) is 12.5 Å². The van der Waals surface area contributed by atoms with Crippen LogP contribution in [0.4, 0.5) is 11.8 Å². The second-order valence-corrected chi connectivity index (χ2v) is 9.24. The first-order valence-corrected chi connectivity index (χ1v) is 12.3. The third-order valence-electron chi connectivity index (χ3n) is 6.93. The quantitative estimate of drug-likeness (QED) is 0.122. The Bertz CT molecular complexity index is 1340. The van der Waals surface area contributed by atoms with Gasteiger partial charge in [-0.25, -0.2) is 10.8 Å². The molecule has 12 nitrogen and oxygen atoms in total. The zero-order valence-corrected chi connectivity index (χ0v) is 20.5. The molecule has 1 fully saturated rings. The molecule has 1 aliphatic rings. The Hall–Kier alpha value is -4.10. The number of nitrogens with two attached hydrogens (primary N) is 1. The number of amides is 1. The van der Waals surface area contributed by atoms with Crippen molar-refractivity contribution < 1.29 is 20.1 Å². The fourth-order valence-electron chi connectivity index (χ4n) is 5.02. The number of nitrogen functional groups attached to an aromatic ring is 1. The molecule has 5 rings (SSSR count). The molecule has 1 saturated carbocycles. The van der Waals surface area contributed by atoms with Crippen LogP contribution in [0.15, 0.2) is 67.0 Å². The minimum atomic E-state index is -1.23. The Labute approximate surface area is 218 Å². The minimum Gasteiger partial charge on any atom is -0.388 e. The molecule has 2 aromatic heterocycles. The summed E-state index contributed by atoms with van der Waals surface area (Å²) in [4.78, 5) is 25.1. The lowest BCUT2D eigenvalue weighted by molar-refractivity contribution is -0.125. The van der Waals surface area contributed by atoms with Crippen LogP contribution in [0.2, 0.25) is 0 Å². The number of hydrogen-bond donors (Lipinski definition) is 7. The Balaban J connectivity index is 1.46. The van der Waals surface area contributed by atoms with Crippen molar-refractivity contribution in [1.29, 1.82) is 0 Å². The van der Waals surface area contributed by atoms with E-state index in [0.29, 0.717) is 23.5 Å². The molecule has 1 amide bonds. The first-order valence-electron chi connectivity index (χ1n) is 12.3. The van der Waals surface area contributed by atoms with E-state index in [9.17, 15) is 15.0 Å². The van der Waals surface area contributed by atoms with E-state index < -0.39 is 36.8 Å². The topological polar surface area (TPSA) is 183 Å². The van der Waals surface area contributed by atoms with Gasteiger partial charge >= 0.3 is 0 Å². The van der Waals surface area contributed by atoms with Crippen LogP contribution in [0.3, 0.4) is 0 Å². The molecule has 0 bridgehead atoms. The summed E-state index contributed by atoms with van der Waals surface area (Å²) in [7, 11) is 0. The lowest BCUT2D eigenvalue weighted by atomic mass is 9.91. The summed E-state index contributed by atoms with van der Waals surface area (Å²) in [6, 6.07) is 18.9. The number of imidazole rings is 1. The summed E-state index contributed by atoms with van der Waals surface area (Å²) in [6.45, 7) is -0.199. The van der Waals surface area contributed by atoms with E-state index in [1.807, 2.05) is 36.4 Å². The highest BCUT2D eigenvalue weighted by atomic mass is 16.3. The SMILES string of the molecule is NNc1nc(NCC(c2ccccc2)c2ccccc2)c2ncn(C3CC(NC(=O)CO)C(O)C3O)c2n1. The van der Waals surface area contributed by atoms with E-state index >= 15 is 0 Å². The van der Waals surface area contributed by atoms with E-state index in [-0.39, 0.29) is 18.3 Å². The van der Waals surface area contributed by atoms with Gasteiger partial charge in [0.05, 0.1) is 18.4 Å². The lowest BCUT2D eigenvalue weighted by Gasteiger charge is -2.20. The van der Waals surface area contributed by atoms with Gasteiger partial charge in [0.15, 0.2) is 17.0 Å². The van der Waals surface area contributed by atoms with Crippen molar-refractivity contribution >= 4 is 28.8 Å². The molecular formula is C26H30N8O4. The summed E-state index contributed by atoms with van der Waals surface area (Å²) < 4.78 is 1.65. The molecule has 4 unspecified atom stereocenters. The summed E-state index contributed by atoms with van der Waals surface area (Å²) in [5, 5.41) is 36.3. The number of fused-ring (bicyclic) bond motifs is 1. The molecule has 4 aromatic rings. The average molecular weight is 519 g/mol. The number of hydrogen-bond acceptors (Lipinski definition) is 10. The number of anilines is 2. The Morgan fingerprint density at radius 3 is 2.29 bits per heavy atom. The van der Waals surface area contributed by atoms with E-state index in [2.05, 4.69) is 55.3 Å². The predicted octanol–water partition coefficient (Wildman–Crippen LogP) is 0.500. The Morgan fingerprint density at radius 2 is 1.68 bits per heavy atom. The largest absolute Gasteiger partial charge is 0.388 e. The fraction of sp³-hybridized carbons (Fsp3) is 0.308. The van der Waals surface area contributed by atoms with Crippen LogP contribution < -0.4 is 21.9 Å². The molecule has 8 N–H and O–H groups in total. The molecule has 2 aromatic carbocycles. The van der Waals surface area contributed by atoms with Crippen molar-refractivity contribution in [2.24, 2.45) is 5.84 Å². The lowest BCUT2D eigenvalue weighted by Crippen LogP contribution is -2.44. The van der Waals surface area contributed by atoms with Crippen LogP contribution in [0.25, 0.3) is 11.2 Å². The number of carbonyl (C=O) groups is 1. The van der Waals surface area contributed by atoms with Gasteiger partial charge in [0.2, 0.25) is 11.9 Å². The summed E-state index contributed by atoms with van der Waals surface area (Å²) >= 11 is 0. The predicted molar refractivity (Wildman–Crippen MR) is 141 cm³/mol. The van der Waals surface area contributed by atoms with Gasteiger partial charge in [0.25, 0.3) is 0 Å². The summed E-state index contributed by atoms with van der Waals surface area (Å²) in [5.41, 5.74) is 5.62. The van der Waals surface area contributed by atoms with Gasteiger partial charge in [0.1, 0.15) is 18.8 Å². The molecule has 0 saturated heterocycles. The summed E-state index contributed by atoms with van der Waals surface area (Å²) in [5.74, 6) is 5.67. The van der Waals surface area contributed by atoms with Crippen LogP contribution >= 0.6 is 0 Å². The zero-order valence-electron chi connectivity index (χ0n) is 20.5. The normalized spacial score (nSPS) is 21.1. The standard InChI is InChI=1S/C26H30N8O4/c27-33-26-31-24(28-12-17(15-7-3-1-4-8-15)16-9-5-2-6-10-16)21-25(32-26)34(14-29-21)19-11-18(22(37)23(19)38)30-20(36)13-35/h1-10,14,17-19,22-23,35,37-38H,11-13,27H2,(H,30,36)(H2,28,31,32,33). The molecule has 12 heteroatoms. The van der Waals surface area contributed by atoms with Gasteiger partial charge < -0.3 is 30.5 Å². The van der Waals surface area contributed by atoms with E-state index in [1.165, 1.54) is 6.33 Å². The molecule has 0 spiro atoms. The number of hydrazine groups is 1. The Kier molecular flexibility index (Phi) is 7.47. The van der Waals surface area contributed by atoms with Crippen molar-refractivity contribution in [1.82, 2.24) is 24.8 Å². The number of aliphatic hydroxyl groups excluding tert-OH is 3. The van der Waals surface area contributed by atoms with Crippen LogP contribution in [-0.4, -0.2) is 72.1 Å². The number of nitrogens with one attached hydrogen (secondary N) is 3. The first-order chi connectivity index (χ1) is 18.5. The third-order valence-corrected chi connectivity index (χ3v) is 6.93. The van der Waals surface area contributed by atoms with Crippen LogP contribution in [0.5, 0.6) is 0 Å². The van der Waals surface area contributed by atoms with Crippen LogP contribution in [0.1, 0.15) is 29.5 Å². The van der Waals surface area contributed by atoms with Gasteiger partial charge in [-0.15, -0.1) is 0 Å². The smallest absolute Gasteiger partial charge is 0.246 e. The molecular weight excluding hydrogens is 488 g/mol. The molecule has 2 heterocycles. The highest BCUT2D eigenvalue weighted by Gasteiger charge is 2.43. The number of benzene rings is 2. The van der Waals surface area contributed by atoms with Crippen LogP contribution in [-0.2, 0) is 4.79 Å². The molecule has 0 radical (unpaired) electrons. The van der Waals surface area contributed by atoms with E-state index in [1.54, 1.807) is 4.57 Å². The minimum absolute atomic E-state index is 0.0292. The fourth-order valence-corrected chi connectivity index (χ4v) is 5.02. The number of aliphatic hydroxyl groups is 3. The molecule has 4 atom stereocenters. The number of nitrogens with zero attached hydrogens (tertiary/aromatic N) is 4. The zero-order chi connectivity index (χ0) is 26.6. The highest BCUT2D eigenvalue weighted by molar-refractivity contribution is 5.84. The van der Waals surface area contributed by atoms with Crippen molar-refractivity contribution in [2.75, 3.05) is 23.9 Å². The maximum atomic E-state index is 11.7. The average Bonchev–Trinajstić information content (AvgIpc) is 3.50. The second-order valence-electron chi connectivity index (χ2n) is 9.24. The third kappa shape index (κ3) is 5.02. The number of carbonyl (C=O) groups excluding carboxylic acids is 1. The van der Waals surface area contributed by atoms with Crippen molar-refractivity contribution in [2.45, 2.75) is 36.6 Å². The molecule has 198 valence electrons. The molecule has 1 aliphatic carbocycles. The second kappa shape index (κ2) is 11.1. The van der Waals surface area contributed by atoms with Gasteiger partial charge in [-0.2, -0.15) is 9.97 Å². The summed E-state index contributed by atoms with van der Waals surface area (Å²) in [6.07, 6.45) is -0.690. The van der Waals surface area contributed by atoms with Gasteiger partial charge in [-0.3, -0.25) is 10.2 Å². The first kappa shape index (κ1) is 25.5. The van der Waals surface area contributed by atoms with Gasteiger partial charge in [-0.1, -0.05) is 60.7 Å². The van der Waals surface area contributed by atoms with Crippen LogP contribution in [0, 0.1) is 0 Å². The molecule has 0 aliphatic heterocycles. The maximum Gasteiger partial charge on any atom is 0.246 e.